The third kappa shape index (κ3) is 4.85. The summed E-state index contributed by atoms with van der Waals surface area (Å²) < 4.78 is 43.2. The third-order valence-electron chi connectivity index (χ3n) is 5.42. The molecule has 7 heteroatoms. The monoisotopic (exact) mass is 418 g/mol. The third-order valence-corrected chi connectivity index (χ3v) is 7.28. The Bertz CT molecular complexity index is 946. The van der Waals surface area contributed by atoms with Crippen molar-refractivity contribution < 1.29 is 17.6 Å². The van der Waals surface area contributed by atoms with E-state index < -0.39 is 27.0 Å². The molecule has 0 spiro atoms. The molecule has 0 bridgehead atoms. The summed E-state index contributed by atoms with van der Waals surface area (Å²) in [5.74, 6) is -0.242. The normalized spacial score (nSPS) is 22.4. The van der Waals surface area contributed by atoms with Crippen LogP contribution in [0.3, 0.4) is 0 Å². The molecular formula is C22H27FN2O3S. The average Bonchev–Trinajstić information content (AvgIpc) is 2.70. The second-order valence-electron chi connectivity index (χ2n) is 7.77. The first-order chi connectivity index (χ1) is 13.7. The molecule has 5 nitrogen and oxygen atoms in total. The number of carbonyl (C=O) groups is 1. The number of nitrogens with one attached hydrogen (secondary N) is 2. The summed E-state index contributed by atoms with van der Waals surface area (Å²) >= 11 is 0. The highest BCUT2D eigenvalue weighted by atomic mass is 32.2. The number of sulfonamides is 1. The Morgan fingerprint density at radius 3 is 2.34 bits per heavy atom. The van der Waals surface area contributed by atoms with Gasteiger partial charge in [0.15, 0.2) is 5.67 Å². The summed E-state index contributed by atoms with van der Waals surface area (Å²) in [5, 5.41) is 2.17. The second kappa shape index (κ2) is 8.63. The van der Waals surface area contributed by atoms with Gasteiger partial charge in [0.2, 0.25) is 10.0 Å². The van der Waals surface area contributed by atoms with Crippen molar-refractivity contribution >= 4 is 21.6 Å². The fourth-order valence-corrected chi connectivity index (χ4v) is 4.56. The van der Waals surface area contributed by atoms with E-state index in [2.05, 4.69) is 10.0 Å². The van der Waals surface area contributed by atoms with Crippen molar-refractivity contribution in [2.45, 2.75) is 56.5 Å². The van der Waals surface area contributed by atoms with E-state index in [9.17, 15) is 13.2 Å². The maximum absolute atomic E-state index is 16.0. The predicted octanol–water partition coefficient (Wildman–Crippen LogP) is 4.37. The fraction of sp³-hybridized carbons (Fsp3) is 0.409. The summed E-state index contributed by atoms with van der Waals surface area (Å²) in [6, 6.07) is 14.6. The number of hydrogen-bond acceptors (Lipinski definition) is 3. The molecule has 2 aromatic rings. The Balaban J connectivity index is 1.78. The number of halogens is 1. The van der Waals surface area contributed by atoms with Gasteiger partial charge in [-0.05, 0) is 62.9 Å². The smallest absolute Gasteiger partial charge is 0.255 e. The van der Waals surface area contributed by atoms with Gasteiger partial charge in [-0.1, -0.05) is 36.8 Å². The van der Waals surface area contributed by atoms with Gasteiger partial charge in [0.05, 0.1) is 11.3 Å². The summed E-state index contributed by atoms with van der Waals surface area (Å²) in [6.07, 6.45) is 2.19. The van der Waals surface area contributed by atoms with Crippen LogP contribution in [-0.2, 0) is 15.7 Å². The first-order valence-corrected chi connectivity index (χ1v) is 11.4. The largest absolute Gasteiger partial charge is 0.322 e. The van der Waals surface area contributed by atoms with Crippen LogP contribution in [0.15, 0.2) is 54.6 Å². The number of carbonyl (C=O) groups excluding carboxylic acids is 1. The molecule has 0 radical (unpaired) electrons. The molecule has 2 aromatic carbocycles. The number of rotatable bonds is 6. The molecule has 2 atom stereocenters. The van der Waals surface area contributed by atoms with Gasteiger partial charge in [0.1, 0.15) is 0 Å². The van der Waals surface area contributed by atoms with Crippen LogP contribution in [0.5, 0.6) is 0 Å². The molecule has 0 aromatic heterocycles. The van der Waals surface area contributed by atoms with Crippen molar-refractivity contribution in [1.82, 2.24) is 4.72 Å². The van der Waals surface area contributed by atoms with Crippen LogP contribution in [0.4, 0.5) is 10.1 Å². The molecule has 3 rings (SSSR count). The van der Waals surface area contributed by atoms with Gasteiger partial charge in [-0.15, -0.1) is 0 Å². The van der Waals surface area contributed by atoms with Gasteiger partial charge in [-0.3, -0.25) is 4.79 Å². The Hall–Kier alpha value is -2.25. The first kappa shape index (κ1) is 21.5. The molecule has 0 heterocycles. The topological polar surface area (TPSA) is 75.3 Å². The van der Waals surface area contributed by atoms with Crippen LogP contribution in [0, 0.1) is 0 Å². The molecule has 1 fully saturated rings. The fourth-order valence-electron chi connectivity index (χ4n) is 3.59. The molecule has 0 saturated heterocycles. The number of anilines is 1. The Kier molecular flexibility index (Phi) is 6.39. The molecule has 1 saturated carbocycles. The lowest BCUT2D eigenvalue weighted by Crippen LogP contribution is -2.51. The summed E-state index contributed by atoms with van der Waals surface area (Å²) in [7, 11) is -3.58. The summed E-state index contributed by atoms with van der Waals surface area (Å²) in [5.41, 5.74) is -0.260. The van der Waals surface area contributed by atoms with E-state index in [0.29, 0.717) is 29.7 Å². The quantitative estimate of drug-likeness (QED) is 0.731. The molecule has 156 valence electrons. The van der Waals surface area contributed by atoms with Crippen molar-refractivity contribution in [3.8, 4) is 0 Å². The van der Waals surface area contributed by atoms with Crippen molar-refractivity contribution in [3.05, 3.63) is 65.7 Å². The molecule has 1 aliphatic rings. The minimum atomic E-state index is -3.58. The van der Waals surface area contributed by atoms with Crippen molar-refractivity contribution in [3.63, 3.8) is 0 Å². The summed E-state index contributed by atoms with van der Waals surface area (Å²) in [4.78, 5) is 12.3. The highest BCUT2D eigenvalue weighted by Gasteiger charge is 2.44. The maximum atomic E-state index is 16.0. The Morgan fingerprint density at radius 2 is 1.72 bits per heavy atom. The summed E-state index contributed by atoms with van der Waals surface area (Å²) in [6.45, 7) is 3.16. The van der Waals surface area contributed by atoms with Crippen LogP contribution in [0.1, 0.15) is 55.5 Å². The molecule has 29 heavy (non-hydrogen) atoms. The van der Waals surface area contributed by atoms with Gasteiger partial charge in [-0.2, -0.15) is 0 Å². The minimum absolute atomic E-state index is 0.242. The molecule has 1 amide bonds. The van der Waals surface area contributed by atoms with Crippen LogP contribution in [-0.4, -0.2) is 25.6 Å². The van der Waals surface area contributed by atoms with E-state index >= 15 is 4.39 Å². The lowest BCUT2D eigenvalue weighted by atomic mass is 9.77. The zero-order chi connectivity index (χ0) is 21.1. The van der Waals surface area contributed by atoms with E-state index in [1.165, 1.54) is 0 Å². The predicted molar refractivity (Wildman–Crippen MR) is 113 cm³/mol. The molecular weight excluding hydrogens is 391 g/mol. The van der Waals surface area contributed by atoms with E-state index in [1.54, 1.807) is 62.4 Å². The zero-order valence-electron chi connectivity index (χ0n) is 16.7. The molecule has 1 aliphatic carbocycles. The van der Waals surface area contributed by atoms with Crippen LogP contribution >= 0.6 is 0 Å². The second-order valence-corrected chi connectivity index (χ2v) is 10.0. The average molecular weight is 419 g/mol. The standard InChI is InChI=1S/C22H27FN2O3S/c1-16(2)29(27,28)25-20-10-6-7-15-22(20,23)18-11-13-19(14-12-18)24-21(26)17-8-4-3-5-9-17/h3-5,8-9,11-14,16,20,25H,6-7,10,15H2,1-2H3,(H,24,26)/t20-,22+/m0/s1. The van der Waals surface area contributed by atoms with Crippen molar-refractivity contribution in [2.75, 3.05) is 5.32 Å². The van der Waals surface area contributed by atoms with Crippen LogP contribution < -0.4 is 10.0 Å². The van der Waals surface area contributed by atoms with Crippen molar-refractivity contribution in [2.24, 2.45) is 0 Å². The van der Waals surface area contributed by atoms with E-state index in [1.807, 2.05) is 6.07 Å². The molecule has 0 aliphatic heterocycles. The number of alkyl halides is 1. The lowest BCUT2D eigenvalue weighted by molar-refractivity contribution is 0.0712. The Morgan fingerprint density at radius 1 is 1.07 bits per heavy atom. The van der Waals surface area contributed by atoms with Crippen LogP contribution in [0.2, 0.25) is 0 Å². The van der Waals surface area contributed by atoms with E-state index in [4.69, 9.17) is 0 Å². The molecule has 0 unspecified atom stereocenters. The minimum Gasteiger partial charge on any atom is -0.322 e. The maximum Gasteiger partial charge on any atom is 0.255 e. The first-order valence-electron chi connectivity index (χ1n) is 9.89. The van der Waals surface area contributed by atoms with Gasteiger partial charge in [-0.25, -0.2) is 17.5 Å². The van der Waals surface area contributed by atoms with Crippen LogP contribution in [0.25, 0.3) is 0 Å². The molecule has 2 N–H and O–H groups in total. The lowest BCUT2D eigenvalue weighted by Gasteiger charge is -2.38. The zero-order valence-corrected chi connectivity index (χ0v) is 17.5. The van der Waals surface area contributed by atoms with Gasteiger partial charge in [0.25, 0.3) is 5.91 Å². The van der Waals surface area contributed by atoms with Gasteiger partial charge in [0, 0.05) is 11.3 Å². The Labute approximate surface area is 171 Å². The number of benzene rings is 2. The van der Waals surface area contributed by atoms with Crippen molar-refractivity contribution in [1.29, 1.82) is 0 Å². The highest BCUT2D eigenvalue weighted by molar-refractivity contribution is 7.90. The SMILES string of the molecule is CC(C)S(=O)(=O)N[C@H]1CCCC[C@@]1(F)c1ccc(NC(=O)c2ccccc2)cc1. The number of amides is 1. The van der Waals surface area contributed by atoms with E-state index in [-0.39, 0.29) is 12.3 Å². The van der Waals surface area contributed by atoms with E-state index in [0.717, 1.165) is 6.42 Å². The van der Waals surface area contributed by atoms with Gasteiger partial charge < -0.3 is 5.32 Å². The van der Waals surface area contributed by atoms with Gasteiger partial charge >= 0.3 is 0 Å². The number of hydrogen-bond donors (Lipinski definition) is 2. The highest BCUT2D eigenvalue weighted by Crippen LogP contribution is 2.41.